The zero-order valence-electron chi connectivity index (χ0n) is 11.9. The number of allylic oxidation sites excluding steroid dienone is 4. The van der Waals surface area contributed by atoms with Gasteiger partial charge in [0.25, 0.3) is 0 Å². The van der Waals surface area contributed by atoms with Crippen LogP contribution in [0.25, 0.3) is 0 Å². The number of hydrogen-bond donors (Lipinski definition) is 0. The van der Waals surface area contributed by atoms with Crippen LogP contribution < -0.4 is 0 Å². The highest BCUT2D eigenvalue weighted by molar-refractivity contribution is 6.35. The van der Waals surface area contributed by atoms with Crippen LogP contribution in [0.5, 0.6) is 0 Å². The van der Waals surface area contributed by atoms with Gasteiger partial charge >= 0.3 is 0 Å². The molecule has 0 fully saturated rings. The summed E-state index contributed by atoms with van der Waals surface area (Å²) in [5.41, 5.74) is 1.05. The van der Waals surface area contributed by atoms with E-state index in [1.54, 1.807) is 24.3 Å². The molecule has 106 valence electrons. The van der Waals surface area contributed by atoms with Gasteiger partial charge in [-0.05, 0) is 5.41 Å². The summed E-state index contributed by atoms with van der Waals surface area (Å²) in [5.74, 6) is -0.0277. The average Bonchev–Trinajstić information content (AvgIpc) is 2.41. The second-order valence-electron chi connectivity index (χ2n) is 6.07. The lowest BCUT2D eigenvalue weighted by atomic mass is 9.74. The first-order valence-electron chi connectivity index (χ1n) is 6.59. The molecule has 1 aromatic carbocycles. The molecule has 3 heteroatoms. The van der Waals surface area contributed by atoms with Crippen LogP contribution in [0.1, 0.15) is 31.1 Å². The molecule has 0 radical (unpaired) electrons. The van der Waals surface area contributed by atoms with E-state index < -0.39 is 10.3 Å². The van der Waals surface area contributed by atoms with Crippen LogP contribution in [0.15, 0.2) is 54.1 Å². The first-order valence-corrected chi connectivity index (χ1v) is 7.41. The zero-order valence-corrected chi connectivity index (χ0v) is 13.4. The highest BCUT2D eigenvalue weighted by Crippen LogP contribution is 2.45. The summed E-state index contributed by atoms with van der Waals surface area (Å²) >= 11 is 13.1. The van der Waals surface area contributed by atoms with Crippen molar-refractivity contribution in [2.75, 3.05) is 0 Å². The van der Waals surface area contributed by atoms with Crippen LogP contribution in [-0.2, 0) is 0 Å². The van der Waals surface area contributed by atoms with Crippen molar-refractivity contribution in [3.05, 3.63) is 59.7 Å². The number of hydrogen-bond acceptors (Lipinski definition) is 1. The number of Topliss-reactive ketones (excluding diaryl/α,β-unsaturated/α-hetero) is 1. The maximum Gasteiger partial charge on any atom is 0.192 e. The number of ketones is 1. The number of carbonyl (C=O) groups is 1. The van der Waals surface area contributed by atoms with Crippen LogP contribution in [0, 0.1) is 5.41 Å². The van der Waals surface area contributed by atoms with Gasteiger partial charge in [-0.15, -0.1) is 23.2 Å². The highest BCUT2D eigenvalue weighted by atomic mass is 35.5. The molecule has 0 N–H and O–H groups in total. The number of alkyl halides is 2. The van der Waals surface area contributed by atoms with E-state index in [4.69, 9.17) is 23.2 Å². The highest BCUT2D eigenvalue weighted by Gasteiger charge is 2.45. The van der Waals surface area contributed by atoms with E-state index >= 15 is 0 Å². The van der Waals surface area contributed by atoms with Crippen LogP contribution in [0.3, 0.4) is 0 Å². The molecular formula is C17H18Cl2O. The molecule has 1 aliphatic rings. The number of halogens is 2. The molecule has 0 heterocycles. The standard InChI is InChI=1S/C17H18Cl2O/c1-16(2,3)17(19)10-9-13(11-14(17)18)15(20)12-7-5-4-6-8-12/h4-11,14H,1-3H3. The summed E-state index contributed by atoms with van der Waals surface area (Å²) in [6.45, 7) is 6.12. The van der Waals surface area contributed by atoms with Gasteiger partial charge in [-0.25, -0.2) is 0 Å². The summed E-state index contributed by atoms with van der Waals surface area (Å²) in [5, 5.41) is -0.420. The maximum atomic E-state index is 12.4. The Morgan fingerprint density at radius 3 is 2.30 bits per heavy atom. The van der Waals surface area contributed by atoms with Crippen molar-refractivity contribution in [3.63, 3.8) is 0 Å². The molecule has 1 nitrogen and oxygen atoms in total. The molecule has 0 aromatic heterocycles. The number of benzene rings is 1. The predicted molar refractivity (Wildman–Crippen MR) is 85.7 cm³/mol. The smallest absolute Gasteiger partial charge is 0.192 e. The lowest BCUT2D eigenvalue weighted by molar-refractivity contribution is 0.103. The lowest BCUT2D eigenvalue weighted by Crippen LogP contribution is -2.44. The first-order chi connectivity index (χ1) is 9.25. The van der Waals surface area contributed by atoms with Crippen LogP contribution in [0.2, 0.25) is 0 Å². The minimum atomic E-state index is -0.685. The zero-order chi connectivity index (χ0) is 15.0. The van der Waals surface area contributed by atoms with Crippen molar-refractivity contribution in [2.45, 2.75) is 31.0 Å². The number of carbonyl (C=O) groups excluding carboxylic acids is 1. The Morgan fingerprint density at radius 1 is 1.20 bits per heavy atom. The Bertz CT molecular complexity index is 566. The molecule has 0 amide bonds. The molecule has 0 spiro atoms. The Kier molecular flexibility index (Phi) is 4.13. The molecule has 1 aromatic rings. The topological polar surface area (TPSA) is 17.1 Å². The summed E-state index contributed by atoms with van der Waals surface area (Å²) in [7, 11) is 0. The van der Waals surface area contributed by atoms with Gasteiger partial charge < -0.3 is 0 Å². The summed E-state index contributed by atoms with van der Waals surface area (Å²) in [4.78, 5) is 11.7. The molecular weight excluding hydrogens is 291 g/mol. The third-order valence-electron chi connectivity index (χ3n) is 3.68. The van der Waals surface area contributed by atoms with Crippen molar-refractivity contribution < 1.29 is 4.79 Å². The van der Waals surface area contributed by atoms with Gasteiger partial charge in [-0.3, -0.25) is 4.79 Å². The van der Waals surface area contributed by atoms with Crippen LogP contribution in [-0.4, -0.2) is 16.0 Å². The van der Waals surface area contributed by atoms with Gasteiger partial charge in [0.2, 0.25) is 0 Å². The fraction of sp³-hybridized carbons (Fsp3) is 0.353. The fourth-order valence-electron chi connectivity index (χ4n) is 2.21. The normalized spacial score (nSPS) is 26.2. The monoisotopic (exact) mass is 308 g/mol. The second kappa shape index (κ2) is 5.38. The average molecular weight is 309 g/mol. The van der Waals surface area contributed by atoms with E-state index in [1.165, 1.54) is 0 Å². The molecule has 1 aliphatic carbocycles. The fourth-order valence-corrected chi connectivity index (χ4v) is 2.87. The Labute approximate surface area is 130 Å². The summed E-state index contributed by atoms with van der Waals surface area (Å²) in [6, 6.07) is 9.17. The van der Waals surface area contributed by atoms with Crippen LogP contribution in [0.4, 0.5) is 0 Å². The molecule has 20 heavy (non-hydrogen) atoms. The van der Waals surface area contributed by atoms with Crippen molar-refractivity contribution in [2.24, 2.45) is 5.41 Å². The van der Waals surface area contributed by atoms with E-state index in [9.17, 15) is 4.79 Å². The molecule has 2 unspecified atom stereocenters. The predicted octanol–water partition coefficient (Wildman–Crippen LogP) is 5.00. The third kappa shape index (κ3) is 2.70. The van der Waals surface area contributed by atoms with E-state index in [2.05, 4.69) is 0 Å². The summed E-state index contributed by atoms with van der Waals surface area (Å²) < 4.78 is 0. The van der Waals surface area contributed by atoms with Crippen molar-refractivity contribution in [3.8, 4) is 0 Å². The second-order valence-corrected chi connectivity index (χ2v) is 7.17. The van der Waals surface area contributed by atoms with Crippen molar-refractivity contribution in [1.82, 2.24) is 0 Å². The van der Waals surface area contributed by atoms with Gasteiger partial charge in [0.1, 0.15) is 0 Å². The minimum absolute atomic E-state index is 0.0277. The maximum absolute atomic E-state index is 12.4. The summed E-state index contributed by atoms with van der Waals surface area (Å²) in [6.07, 6.45) is 5.39. The Hall–Kier alpha value is -1.05. The Morgan fingerprint density at radius 2 is 1.80 bits per heavy atom. The van der Waals surface area contributed by atoms with Crippen LogP contribution >= 0.6 is 23.2 Å². The van der Waals surface area contributed by atoms with Gasteiger partial charge in [0, 0.05) is 11.1 Å². The molecule has 2 rings (SSSR count). The third-order valence-corrected chi connectivity index (χ3v) is 5.19. The molecule has 0 saturated carbocycles. The minimum Gasteiger partial charge on any atom is -0.289 e. The largest absolute Gasteiger partial charge is 0.289 e. The van der Waals surface area contributed by atoms with Gasteiger partial charge in [-0.2, -0.15) is 0 Å². The van der Waals surface area contributed by atoms with Gasteiger partial charge in [-0.1, -0.05) is 69.3 Å². The van der Waals surface area contributed by atoms with E-state index in [0.29, 0.717) is 11.1 Å². The van der Waals surface area contributed by atoms with E-state index in [-0.39, 0.29) is 11.2 Å². The molecule has 0 saturated heterocycles. The first kappa shape index (κ1) is 15.3. The van der Waals surface area contributed by atoms with Gasteiger partial charge in [0.05, 0.1) is 10.3 Å². The van der Waals surface area contributed by atoms with E-state index in [1.807, 2.05) is 45.0 Å². The molecule has 0 bridgehead atoms. The van der Waals surface area contributed by atoms with E-state index in [0.717, 1.165) is 0 Å². The molecule has 2 atom stereocenters. The van der Waals surface area contributed by atoms with Crippen molar-refractivity contribution in [1.29, 1.82) is 0 Å². The Balaban J connectivity index is 2.30. The van der Waals surface area contributed by atoms with Crippen molar-refractivity contribution >= 4 is 29.0 Å². The number of rotatable bonds is 2. The SMILES string of the molecule is CC(C)(C)C1(Cl)C=CC(C(=O)c2ccccc2)=CC1Cl. The lowest BCUT2D eigenvalue weighted by Gasteiger charge is -2.41. The van der Waals surface area contributed by atoms with Gasteiger partial charge in [0.15, 0.2) is 5.78 Å². The quantitative estimate of drug-likeness (QED) is 0.555. The molecule has 0 aliphatic heterocycles.